The van der Waals surface area contributed by atoms with Gasteiger partial charge in [-0.15, -0.1) is 0 Å². The maximum Gasteiger partial charge on any atom is 0.256 e. The Morgan fingerprint density at radius 1 is 1.21 bits per heavy atom. The molecule has 0 radical (unpaired) electrons. The lowest BCUT2D eigenvalue weighted by Gasteiger charge is -2.04. The van der Waals surface area contributed by atoms with Crippen LogP contribution in [0.5, 0.6) is 5.75 Å². The molecule has 1 heterocycles. The molecule has 0 saturated heterocycles. The third kappa shape index (κ3) is 2.90. The van der Waals surface area contributed by atoms with Crippen molar-refractivity contribution in [2.24, 2.45) is 0 Å². The molecule has 0 atom stereocenters. The molecule has 0 spiro atoms. The van der Waals surface area contributed by atoms with E-state index >= 15 is 0 Å². The van der Waals surface area contributed by atoms with Crippen LogP contribution in [0.1, 0.15) is 34.8 Å². The molecule has 0 unspecified atom stereocenters. The first kappa shape index (κ1) is 16.6. The third-order valence-corrected chi connectivity index (χ3v) is 4.37. The van der Waals surface area contributed by atoms with Gasteiger partial charge in [0.15, 0.2) is 11.5 Å². The lowest BCUT2D eigenvalue weighted by Crippen LogP contribution is -2.03. The molecule has 2 aromatic carbocycles. The maximum atomic E-state index is 12.2. The van der Waals surface area contributed by atoms with E-state index in [-0.39, 0.29) is 27.5 Å². The predicted molar refractivity (Wildman–Crippen MR) is 95.7 cm³/mol. The molecule has 0 saturated carbocycles. The molecule has 122 valence electrons. The fourth-order valence-corrected chi connectivity index (χ4v) is 3.05. The number of hydrogen-bond donors (Lipinski definition) is 2. The zero-order valence-electron chi connectivity index (χ0n) is 12.7. The zero-order chi connectivity index (χ0) is 17.4. The van der Waals surface area contributed by atoms with E-state index in [1.54, 1.807) is 31.2 Å². The number of ketones is 1. The Kier molecular flexibility index (Phi) is 4.35. The van der Waals surface area contributed by atoms with Gasteiger partial charge in [-0.05, 0) is 42.0 Å². The summed E-state index contributed by atoms with van der Waals surface area (Å²) >= 11 is 11.8. The van der Waals surface area contributed by atoms with Crippen LogP contribution in [0.4, 0.5) is 5.69 Å². The molecule has 3 rings (SSSR count). The standard InChI is InChI=1S/C18H13Cl2NO3/c1-2-16(22)10-3-4-15-11(8-10)12(18(24)21-15)5-9-6-13(19)17(23)14(20)7-9/h3-8,23H,2H2,1H3,(H,21,24)/b12-5-. The summed E-state index contributed by atoms with van der Waals surface area (Å²) in [5.74, 6) is -0.466. The second-order valence-corrected chi connectivity index (χ2v) is 6.20. The van der Waals surface area contributed by atoms with Crippen LogP contribution in [-0.4, -0.2) is 16.8 Å². The number of fused-ring (bicyclic) bond motifs is 1. The van der Waals surface area contributed by atoms with E-state index in [0.717, 1.165) is 0 Å². The summed E-state index contributed by atoms with van der Waals surface area (Å²) in [4.78, 5) is 24.1. The van der Waals surface area contributed by atoms with Crippen LogP contribution in [0.15, 0.2) is 30.3 Å². The van der Waals surface area contributed by atoms with Gasteiger partial charge in [-0.1, -0.05) is 30.1 Å². The molecule has 6 heteroatoms. The summed E-state index contributed by atoms with van der Waals surface area (Å²) in [5.41, 5.74) is 2.84. The zero-order valence-corrected chi connectivity index (χ0v) is 14.2. The first-order valence-corrected chi connectivity index (χ1v) is 8.05. The number of halogens is 2. The Morgan fingerprint density at radius 2 is 1.88 bits per heavy atom. The molecular formula is C18H13Cl2NO3. The summed E-state index contributed by atoms with van der Waals surface area (Å²) < 4.78 is 0. The fraction of sp³-hybridized carbons (Fsp3) is 0.111. The van der Waals surface area contributed by atoms with Gasteiger partial charge in [-0.3, -0.25) is 9.59 Å². The van der Waals surface area contributed by atoms with Gasteiger partial charge in [0.2, 0.25) is 0 Å². The number of phenols is 1. The highest BCUT2D eigenvalue weighted by Crippen LogP contribution is 2.37. The number of phenolic OH excluding ortho intramolecular Hbond substituents is 1. The SMILES string of the molecule is CCC(=O)c1ccc2c(c1)/C(=C/c1cc(Cl)c(O)c(Cl)c1)C(=O)N2. The molecule has 24 heavy (non-hydrogen) atoms. The van der Waals surface area contributed by atoms with Gasteiger partial charge in [0.05, 0.1) is 10.0 Å². The fourth-order valence-electron chi connectivity index (χ4n) is 2.54. The molecule has 2 aromatic rings. The minimum atomic E-state index is -0.272. The number of Topliss-reactive ketones (excluding diaryl/α,β-unsaturated/α-hetero) is 1. The molecule has 0 aliphatic carbocycles. The molecule has 1 amide bonds. The summed E-state index contributed by atoms with van der Waals surface area (Å²) in [7, 11) is 0. The molecule has 1 aliphatic rings. The largest absolute Gasteiger partial charge is 0.505 e. The highest BCUT2D eigenvalue weighted by atomic mass is 35.5. The normalized spacial score (nSPS) is 14.6. The third-order valence-electron chi connectivity index (χ3n) is 3.80. The highest BCUT2D eigenvalue weighted by Gasteiger charge is 2.25. The van der Waals surface area contributed by atoms with Crippen LogP contribution in [0.3, 0.4) is 0 Å². The summed E-state index contributed by atoms with van der Waals surface area (Å²) in [5, 5.41) is 12.6. The van der Waals surface area contributed by atoms with Crippen molar-refractivity contribution < 1.29 is 14.7 Å². The van der Waals surface area contributed by atoms with Crippen molar-refractivity contribution in [2.75, 3.05) is 5.32 Å². The number of rotatable bonds is 3. The average Bonchev–Trinajstić information content (AvgIpc) is 2.87. The van der Waals surface area contributed by atoms with Gasteiger partial charge in [0.1, 0.15) is 0 Å². The lowest BCUT2D eigenvalue weighted by molar-refractivity contribution is -0.110. The quantitative estimate of drug-likeness (QED) is 0.610. The topological polar surface area (TPSA) is 66.4 Å². The monoisotopic (exact) mass is 361 g/mol. The van der Waals surface area contributed by atoms with E-state index in [0.29, 0.717) is 34.4 Å². The van der Waals surface area contributed by atoms with Crippen LogP contribution in [-0.2, 0) is 4.79 Å². The molecule has 0 bridgehead atoms. The molecule has 2 N–H and O–H groups in total. The second kappa shape index (κ2) is 6.30. The second-order valence-electron chi connectivity index (χ2n) is 5.38. The average molecular weight is 362 g/mol. The number of hydrogen-bond acceptors (Lipinski definition) is 3. The number of carbonyl (C=O) groups excluding carboxylic acids is 2. The van der Waals surface area contributed by atoms with Gasteiger partial charge in [0.25, 0.3) is 5.91 Å². The number of nitrogens with one attached hydrogen (secondary N) is 1. The van der Waals surface area contributed by atoms with Crippen molar-refractivity contribution in [3.8, 4) is 5.75 Å². The van der Waals surface area contributed by atoms with Gasteiger partial charge < -0.3 is 10.4 Å². The van der Waals surface area contributed by atoms with E-state index in [9.17, 15) is 14.7 Å². The summed E-state index contributed by atoms with van der Waals surface area (Å²) in [6.45, 7) is 1.79. The Morgan fingerprint density at radius 3 is 2.50 bits per heavy atom. The lowest BCUT2D eigenvalue weighted by atomic mass is 9.99. The van der Waals surface area contributed by atoms with Gasteiger partial charge in [-0.2, -0.15) is 0 Å². The van der Waals surface area contributed by atoms with Crippen LogP contribution >= 0.6 is 23.2 Å². The number of anilines is 1. The Balaban J connectivity index is 2.10. The number of benzene rings is 2. The van der Waals surface area contributed by atoms with Crippen molar-refractivity contribution in [3.05, 3.63) is 57.1 Å². The van der Waals surface area contributed by atoms with Gasteiger partial charge >= 0.3 is 0 Å². The molecule has 0 fully saturated rings. The summed E-state index contributed by atoms with van der Waals surface area (Å²) in [6, 6.07) is 8.15. The minimum absolute atomic E-state index is 0.00669. The van der Waals surface area contributed by atoms with Crippen molar-refractivity contribution >= 4 is 52.2 Å². The smallest absolute Gasteiger partial charge is 0.256 e. The molecular weight excluding hydrogens is 349 g/mol. The van der Waals surface area contributed by atoms with Gasteiger partial charge in [-0.25, -0.2) is 0 Å². The van der Waals surface area contributed by atoms with Gasteiger partial charge in [0, 0.05) is 28.8 Å². The predicted octanol–water partition coefficient (Wildman–Crippen LogP) is 4.78. The Bertz CT molecular complexity index is 880. The summed E-state index contributed by atoms with van der Waals surface area (Å²) in [6.07, 6.45) is 2.01. The number of aromatic hydroxyl groups is 1. The minimum Gasteiger partial charge on any atom is -0.505 e. The highest BCUT2D eigenvalue weighted by molar-refractivity contribution is 6.38. The van der Waals surface area contributed by atoms with Crippen LogP contribution in [0, 0.1) is 0 Å². The van der Waals surface area contributed by atoms with Crippen LogP contribution in [0.2, 0.25) is 10.0 Å². The van der Waals surface area contributed by atoms with E-state index < -0.39 is 0 Å². The van der Waals surface area contributed by atoms with Crippen molar-refractivity contribution in [3.63, 3.8) is 0 Å². The van der Waals surface area contributed by atoms with E-state index in [2.05, 4.69) is 5.32 Å². The first-order chi connectivity index (χ1) is 11.4. The molecule has 1 aliphatic heterocycles. The Labute approximate surface area is 148 Å². The van der Waals surface area contributed by atoms with Crippen molar-refractivity contribution in [2.45, 2.75) is 13.3 Å². The van der Waals surface area contributed by atoms with Crippen LogP contribution in [0.25, 0.3) is 11.6 Å². The first-order valence-electron chi connectivity index (χ1n) is 7.29. The van der Waals surface area contributed by atoms with Crippen molar-refractivity contribution in [1.29, 1.82) is 0 Å². The van der Waals surface area contributed by atoms with E-state index in [1.165, 1.54) is 12.1 Å². The van der Waals surface area contributed by atoms with Crippen molar-refractivity contribution in [1.82, 2.24) is 0 Å². The van der Waals surface area contributed by atoms with E-state index in [1.807, 2.05) is 0 Å². The Hall–Kier alpha value is -2.30. The molecule has 0 aromatic heterocycles. The number of amides is 1. The van der Waals surface area contributed by atoms with E-state index in [4.69, 9.17) is 23.2 Å². The maximum absolute atomic E-state index is 12.2. The molecule has 4 nitrogen and oxygen atoms in total. The van der Waals surface area contributed by atoms with Crippen LogP contribution < -0.4 is 5.32 Å². The number of carbonyl (C=O) groups is 2.